The molecule has 1 N–H and O–H groups in total. The maximum absolute atomic E-state index is 13.3. The van der Waals surface area contributed by atoms with Crippen molar-refractivity contribution in [2.75, 3.05) is 4.90 Å². The highest BCUT2D eigenvalue weighted by Gasteiger charge is 2.47. The van der Waals surface area contributed by atoms with Gasteiger partial charge in [0.25, 0.3) is 0 Å². The van der Waals surface area contributed by atoms with E-state index >= 15 is 0 Å². The van der Waals surface area contributed by atoms with E-state index in [-0.39, 0.29) is 11.6 Å². The van der Waals surface area contributed by atoms with Crippen molar-refractivity contribution in [2.24, 2.45) is 0 Å². The first-order chi connectivity index (χ1) is 16.3. The first kappa shape index (κ1) is 25.3. The summed E-state index contributed by atoms with van der Waals surface area (Å²) in [6, 6.07) is 6.22. The predicted octanol–water partition coefficient (Wildman–Crippen LogP) is 6.45. The summed E-state index contributed by atoms with van der Waals surface area (Å²) in [5.74, 6) is -0.670. The zero-order valence-corrected chi connectivity index (χ0v) is 19.5. The number of anilines is 1. The molecule has 1 unspecified atom stereocenters. The van der Waals surface area contributed by atoms with Crippen LogP contribution in [0.4, 0.5) is 32.2 Å². The van der Waals surface area contributed by atoms with Crippen molar-refractivity contribution in [3.8, 4) is 6.07 Å². The van der Waals surface area contributed by atoms with Crippen molar-refractivity contribution in [2.45, 2.75) is 67.9 Å². The molecule has 186 valence electrons. The van der Waals surface area contributed by atoms with E-state index in [9.17, 15) is 31.6 Å². The Labute approximate surface area is 202 Å². The van der Waals surface area contributed by atoms with Crippen LogP contribution in [0.5, 0.6) is 0 Å². The zero-order valence-electron chi connectivity index (χ0n) is 18.7. The SMILES string of the molecule is CC(C)(NSc1ccc(C2=CC(C#N)c3cc(C(F)(F)F)cnc3N2C2CCC2)nc1)C(F)(F)F. The number of allylic oxidation sites excluding steroid dienone is 1. The fourth-order valence-electron chi connectivity index (χ4n) is 3.67. The maximum Gasteiger partial charge on any atom is 0.417 e. The van der Waals surface area contributed by atoms with Crippen LogP contribution in [0.2, 0.25) is 0 Å². The number of hydrogen-bond acceptors (Lipinski definition) is 6. The number of nitrogens with one attached hydrogen (secondary N) is 1. The Morgan fingerprint density at radius 3 is 2.31 bits per heavy atom. The number of pyridine rings is 2. The van der Waals surface area contributed by atoms with Crippen molar-refractivity contribution >= 4 is 23.5 Å². The molecule has 5 nitrogen and oxygen atoms in total. The lowest BCUT2D eigenvalue weighted by atomic mass is 9.86. The molecule has 1 fully saturated rings. The molecule has 0 saturated heterocycles. The number of nitriles is 1. The van der Waals surface area contributed by atoms with Gasteiger partial charge in [0.1, 0.15) is 11.4 Å². The summed E-state index contributed by atoms with van der Waals surface area (Å²) in [5, 5.41) is 9.70. The second-order valence-corrected chi connectivity index (χ2v) is 9.83. The lowest BCUT2D eigenvalue weighted by Crippen LogP contribution is -2.48. The van der Waals surface area contributed by atoms with Crippen LogP contribution < -0.4 is 9.62 Å². The van der Waals surface area contributed by atoms with E-state index in [4.69, 9.17) is 0 Å². The van der Waals surface area contributed by atoms with Crippen LogP contribution in [-0.4, -0.2) is 27.7 Å². The molecule has 0 spiro atoms. The van der Waals surface area contributed by atoms with E-state index in [1.807, 2.05) is 11.0 Å². The largest absolute Gasteiger partial charge is 0.417 e. The molecule has 2 aliphatic rings. The quantitative estimate of drug-likeness (QED) is 0.366. The molecule has 0 bridgehead atoms. The van der Waals surface area contributed by atoms with E-state index in [2.05, 4.69) is 14.7 Å². The van der Waals surface area contributed by atoms with Gasteiger partial charge in [-0.1, -0.05) is 0 Å². The molecule has 2 aromatic rings. The van der Waals surface area contributed by atoms with Gasteiger partial charge < -0.3 is 4.90 Å². The van der Waals surface area contributed by atoms with Crippen molar-refractivity contribution in [3.63, 3.8) is 0 Å². The molecule has 2 aromatic heterocycles. The van der Waals surface area contributed by atoms with Crippen LogP contribution in [0, 0.1) is 11.3 Å². The number of aromatic nitrogens is 2. The van der Waals surface area contributed by atoms with Crippen molar-refractivity contribution in [3.05, 3.63) is 53.5 Å². The van der Waals surface area contributed by atoms with E-state index < -0.39 is 29.4 Å². The number of halogens is 6. The molecule has 1 saturated carbocycles. The van der Waals surface area contributed by atoms with Crippen LogP contribution in [0.3, 0.4) is 0 Å². The van der Waals surface area contributed by atoms with E-state index in [0.29, 0.717) is 22.1 Å². The van der Waals surface area contributed by atoms with E-state index in [0.717, 1.165) is 57.3 Å². The van der Waals surface area contributed by atoms with Crippen LogP contribution in [0.15, 0.2) is 41.6 Å². The average molecular weight is 514 g/mol. The van der Waals surface area contributed by atoms with E-state index in [1.165, 1.54) is 6.20 Å². The Balaban J connectivity index is 1.66. The molecular weight excluding hydrogens is 492 g/mol. The summed E-state index contributed by atoms with van der Waals surface area (Å²) in [5.41, 5.74) is -1.86. The summed E-state index contributed by atoms with van der Waals surface area (Å²) < 4.78 is 81.5. The topological polar surface area (TPSA) is 64.8 Å². The molecule has 4 rings (SSSR count). The smallest absolute Gasteiger partial charge is 0.321 e. The minimum absolute atomic E-state index is 0.00557. The lowest BCUT2D eigenvalue weighted by Gasteiger charge is -2.42. The molecule has 0 amide bonds. The number of alkyl halides is 6. The minimum Gasteiger partial charge on any atom is -0.321 e. The molecule has 1 atom stereocenters. The summed E-state index contributed by atoms with van der Waals surface area (Å²) in [4.78, 5) is 10.8. The normalized spacial score (nSPS) is 19.0. The maximum atomic E-state index is 13.3. The Hall–Kier alpha value is -2.78. The van der Waals surface area contributed by atoms with Crippen LogP contribution in [0.25, 0.3) is 5.70 Å². The standard InChI is InChI=1S/C23H21F6N5S/c1-21(2,23(27,28)29)33-35-16-6-7-18(31-12-16)19-8-13(10-30)17-9-14(22(24,25)26)11-32-20(17)34(19)15-4-3-5-15/h6-9,11-13,15,33H,3-5H2,1-2H3. The second kappa shape index (κ2) is 9.02. The van der Waals surface area contributed by atoms with E-state index in [1.54, 1.807) is 18.2 Å². The highest BCUT2D eigenvalue weighted by molar-refractivity contribution is 7.97. The summed E-state index contributed by atoms with van der Waals surface area (Å²) in [6.07, 6.45) is -2.71. The highest BCUT2D eigenvalue weighted by atomic mass is 32.2. The van der Waals surface area contributed by atoms with Crippen LogP contribution >= 0.6 is 11.9 Å². The van der Waals surface area contributed by atoms with Gasteiger partial charge in [0, 0.05) is 28.9 Å². The van der Waals surface area contributed by atoms with Gasteiger partial charge in [-0.25, -0.2) is 9.71 Å². The zero-order chi connectivity index (χ0) is 25.6. The first-order valence-electron chi connectivity index (χ1n) is 10.8. The Bertz CT molecular complexity index is 1160. The van der Waals surface area contributed by atoms with Gasteiger partial charge in [0.2, 0.25) is 0 Å². The third-order valence-corrected chi connectivity index (χ3v) is 7.17. The molecule has 1 aliphatic heterocycles. The lowest BCUT2D eigenvalue weighted by molar-refractivity contribution is -0.179. The van der Waals surface area contributed by atoms with Crippen molar-refractivity contribution in [1.29, 1.82) is 5.26 Å². The highest BCUT2D eigenvalue weighted by Crippen LogP contribution is 2.45. The predicted molar refractivity (Wildman–Crippen MR) is 119 cm³/mol. The number of nitrogens with zero attached hydrogens (tertiary/aromatic N) is 4. The van der Waals surface area contributed by atoms with Crippen molar-refractivity contribution in [1.82, 2.24) is 14.7 Å². The summed E-state index contributed by atoms with van der Waals surface area (Å²) >= 11 is 0.793. The fourth-order valence-corrected chi connectivity index (χ4v) is 4.40. The molecule has 1 aliphatic carbocycles. The van der Waals surface area contributed by atoms with Gasteiger partial charge >= 0.3 is 12.4 Å². The van der Waals surface area contributed by atoms with Crippen LogP contribution in [-0.2, 0) is 6.18 Å². The number of rotatable bonds is 5. The molecule has 0 aromatic carbocycles. The van der Waals surface area contributed by atoms with Gasteiger partial charge in [-0.05, 0) is 69.3 Å². The van der Waals surface area contributed by atoms with Gasteiger partial charge in [0.05, 0.1) is 28.9 Å². The van der Waals surface area contributed by atoms with Crippen LogP contribution in [0.1, 0.15) is 55.8 Å². The Kier molecular flexibility index (Phi) is 6.53. The Morgan fingerprint density at radius 2 is 1.80 bits per heavy atom. The monoisotopic (exact) mass is 513 g/mol. The first-order valence-corrected chi connectivity index (χ1v) is 11.6. The van der Waals surface area contributed by atoms with Gasteiger partial charge in [-0.3, -0.25) is 4.98 Å². The minimum atomic E-state index is -4.59. The van der Waals surface area contributed by atoms with Gasteiger partial charge in [-0.2, -0.15) is 31.6 Å². The fraction of sp³-hybridized carbons (Fsp3) is 0.435. The summed E-state index contributed by atoms with van der Waals surface area (Å²) in [7, 11) is 0. The molecule has 0 radical (unpaired) electrons. The number of hydrogen-bond donors (Lipinski definition) is 1. The van der Waals surface area contributed by atoms with Gasteiger partial charge in [0.15, 0.2) is 0 Å². The molecule has 35 heavy (non-hydrogen) atoms. The third-order valence-electron chi connectivity index (χ3n) is 6.08. The van der Waals surface area contributed by atoms with Crippen molar-refractivity contribution < 1.29 is 26.3 Å². The van der Waals surface area contributed by atoms with Gasteiger partial charge in [-0.15, -0.1) is 0 Å². The Morgan fingerprint density at radius 1 is 1.09 bits per heavy atom. The average Bonchev–Trinajstić information content (AvgIpc) is 2.75. The molecular formula is C23H21F6N5S. The summed E-state index contributed by atoms with van der Waals surface area (Å²) in [6.45, 7) is 2.06. The second-order valence-electron chi connectivity index (χ2n) is 8.95. The molecule has 3 heterocycles. The molecule has 12 heteroatoms. The number of fused-ring (bicyclic) bond motifs is 1. The third kappa shape index (κ3) is 4.97.